The molecule has 0 rings (SSSR count). The van der Waals surface area contributed by atoms with Crippen LogP contribution in [0.4, 0.5) is 0 Å². The lowest BCUT2D eigenvalue weighted by Gasteiger charge is -2.33. The zero-order valence-electron chi connectivity index (χ0n) is 13.1. The van der Waals surface area contributed by atoms with Crippen LogP contribution < -0.4 is 0 Å². The first kappa shape index (κ1) is 18.3. The molecule has 0 unspecified atom stereocenters. The van der Waals surface area contributed by atoms with Gasteiger partial charge in [-0.25, -0.2) is 4.79 Å². The largest absolute Gasteiger partial charge is 0.463 e. The Bertz CT molecular complexity index is 277. The molecule has 0 aliphatic rings. The molecule has 0 aliphatic heterocycles. The Labute approximate surface area is 118 Å². The molecule has 0 aromatic heterocycles. The fourth-order valence-corrected chi connectivity index (χ4v) is 4.95. The van der Waals surface area contributed by atoms with Crippen LogP contribution in [-0.4, -0.2) is 33.3 Å². The summed E-state index contributed by atoms with van der Waals surface area (Å²) in [5.74, 6) is -0.310. The van der Waals surface area contributed by atoms with Crippen LogP contribution in [0.25, 0.3) is 0 Å². The van der Waals surface area contributed by atoms with E-state index < -0.39 is 8.56 Å². The molecule has 0 heterocycles. The Balaban J connectivity index is 4.51. The monoisotopic (exact) mass is 288 g/mol. The van der Waals surface area contributed by atoms with Crippen LogP contribution in [0.15, 0.2) is 12.2 Å². The highest BCUT2D eigenvalue weighted by Gasteiger charge is 2.37. The fraction of sp³-hybridized carbons (Fsp3) is 0.786. The normalized spacial score (nSPS) is 12.6. The minimum Gasteiger partial charge on any atom is -0.463 e. The average molecular weight is 288 g/mol. The van der Waals surface area contributed by atoms with Gasteiger partial charge < -0.3 is 13.6 Å². The van der Waals surface area contributed by atoms with E-state index in [0.717, 1.165) is 6.04 Å². The van der Waals surface area contributed by atoms with Crippen molar-refractivity contribution in [1.82, 2.24) is 0 Å². The Morgan fingerprint density at radius 1 is 1.16 bits per heavy atom. The molecule has 0 aromatic carbocycles. The maximum Gasteiger partial charge on any atom is 0.341 e. The number of carbonyl (C=O) groups excluding carboxylic acids is 1. The van der Waals surface area contributed by atoms with Crippen LogP contribution in [0.1, 0.15) is 41.5 Å². The van der Waals surface area contributed by atoms with Crippen molar-refractivity contribution in [2.75, 3.05) is 6.61 Å². The van der Waals surface area contributed by atoms with Crippen molar-refractivity contribution >= 4 is 14.5 Å². The third kappa shape index (κ3) is 8.18. The van der Waals surface area contributed by atoms with E-state index in [1.54, 1.807) is 13.0 Å². The number of ether oxygens (including phenoxy) is 1. The van der Waals surface area contributed by atoms with Crippen LogP contribution in [0.2, 0.25) is 12.1 Å². The van der Waals surface area contributed by atoms with Crippen LogP contribution in [0.5, 0.6) is 0 Å². The van der Waals surface area contributed by atoms with Gasteiger partial charge in [-0.15, -0.1) is 0 Å². The van der Waals surface area contributed by atoms with Gasteiger partial charge in [0.05, 0.1) is 6.61 Å². The number of hydrogen-bond donors (Lipinski definition) is 0. The van der Waals surface area contributed by atoms with E-state index in [4.69, 9.17) is 13.6 Å². The van der Waals surface area contributed by atoms with Crippen molar-refractivity contribution in [2.45, 2.75) is 65.8 Å². The molecule has 0 aliphatic carbocycles. The predicted molar refractivity (Wildman–Crippen MR) is 79.3 cm³/mol. The first-order chi connectivity index (χ1) is 8.85. The second kappa shape index (κ2) is 9.28. The molecule has 0 amide bonds. The topological polar surface area (TPSA) is 44.8 Å². The van der Waals surface area contributed by atoms with E-state index in [1.807, 2.05) is 27.7 Å². The van der Waals surface area contributed by atoms with E-state index in [9.17, 15) is 4.79 Å². The van der Waals surface area contributed by atoms with E-state index in [1.165, 1.54) is 6.08 Å². The summed E-state index contributed by atoms with van der Waals surface area (Å²) >= 11 is 0. The number of allylic oxidation sites excluding steroid dienone is 1. The zero-order chi connectivity index (χ0) is 14.9. The number of esters is 1. The van der Waals surface area contributed by atoms with Crippen LogP contribution in [0.3, 0.4) is 0 Å². The van der Waals surface area contributed by atoms with Gasteiger partial charge in [0.2, 0.25) is 0 Å². The minimum absolute atomic E-state index is 0.122. The van der Waals surface area contributed by atoms with Crippen LogP contribution in [0, 0.1) is 0 Å². The fourth-order valence-electron chi connectivity index (χ4n) is 1.84. The van der Waals surface area contributed by atoms with Gasteiger partial charge in [-0.1, -0.05) is 13.0 Å². The SMILES string of the molecule is CC=CC(=O)OCC[Si](CC)(OC(C)C)OC(C)C. The molecule has 112 valence electrons. The van der Waals surface area contributed by atoms with E-state index in [-0.39, 0.29) is 18.2 Å². The van der Waals surface area contributed by atoms with Crippen molar-refractivity contribution in [3.05, 3.63) is 12.2 Å². The van der Waals surface area contributed by atoms with Crippen LogP contribution in [-0.2, 0) is 18.4 Å². The summed E-state index contributed by atoms with van der Waals surface area (Å²) in [6.07, 6.45) is 3.33. The van der Waals surface area contributed by atoms with Gasteiger partial charge in [0, 0.05) is 24.3 Å². The molecule has 19 heavy (non-hydrogen) atoms. The minimum atomic E-state index is -2.29. The molecule has 0 N–H and O–H groups in total. The molecule has 0 atom stereocenters. The van der Waals surface area contributed by atoms with Gasteiger partial charge in [0.25, 0.3) is 0 Å². The molecular formula is C14H28O4Si. The Hall–Kier alpha value is -0.653. The van der Waals surface area contributed by atoms with Gasteiger partial charge in [0.15, 0.2) is 0 Å². The van der Waals surface area contributed by atoms with Gasteiger partial charge in [0.1, 0.15) is 0 Å². The Kier molecular flexibility index (Phi) is 8.96. The van der Waals surface area contributed by atoms with Crippen molar-refractivity contribution < 1.29 is 18.4 Å². The first-order valence-corrected chi connectivity index (χ1v) is 9.23. The summed E-state index contributed by atoms with van der Waals surface area (Å²) in [5, 5.41) is 0. The maximum absolute atomic E-state index is 11.3. The van der Waals surface area contributed by atoms with Crippen molar-refractivity contribution in [1.29, 1.82) is 0 Å². The highest BCUT2D eigenvalue weighted by Crippen LogP contribution is 2.22. The van der Waals surface area contributed by atoms with E-state index in [0.29, 0.717) is 12.7 Å². The molecule has 0 aromatic rings. The highest BCUT2D eigenvalue weighted by atomic mass is 28.4. The van der Waals surface area contributed by atoms with Crippen LogP contribution >= 0.6 is 0 Å². The number of rotatable bonds is 9. The molecule has 0 spiro atoms. The summed E-state index contributed by atoms with van der Waals surface area (Å²) in [4.78, 5) is 11.3. The summed E-state index contributed by atoms with van der Waals surface area (Å²) < 4.78 is 17.2. The molecule has 0 radical (unpaired) electrons. The Morgan fingerprint density at radius 2 is 1.68 bits per heavy atom. The number of hydrogen-bond acceptors (Lipinski definition) is 4. The summed E-state index contributed by atoms with van der Waals surface area (Å²) in [6, 6.07) is 1.52. The molecule has 5 heteroatoms. The third-order valence-electron chi connectivity index (χ3n) is 2.47. The Morgan fingerprint density at radius 3 is 2.05 bits per heavy atom. The van der Waals surface area contributed by atoms with Gasteiger partial charge in [-0.3, -0.25) is 0 Å². The lowest BCUT2D eigenvalue weighted by molar-refractivity contribution is -0.137. The first-order valence-electron chi connectivity index (χ1n) is 7.00. The van der Waals surface area contributed by atoms with Gasteiger partial charge in [-0.05, 0) is 40.7 Å². The third-order valence-corrected chi connectivity index (χ3v) is 6.31. The van der Waals surface area contributed by atoms with Crippen molar-refractivity contribution in [3.8, 4) is 0 Å². The second-order valence-electron chi connectivity index (χ2n) is 5.01. The lowest BCUT2D eigenvalue weighted by atomic mass is 10.5. The van der Waals surface area contributed by atoms with E-state index >= 15 is 0 Å². The smallest absolute Gasteiger partial charge is 0.341 e. The molecular weight excluding hydrogens is 260 g/mol. The molecule has 4 nitrogen and oxygen atoms in total. The lowest BCUT2D eigenvalue weighted by Crippen LogP contribution is -2.46. The zero-order valence-corrected chi connectivity index (χ0v) is 14.1. The van der Waals surface area contributed by atoms with E-state index in [2.05, 4.69) is 6.92 Å². The van der Waals surface area contributed by atoms with Crippen molar-refractivity contribution in [2.24, 2.45) is 0 Å². The molecule has 0 fully saturated rings. The summed E-state index contributed by atoms with van der Waals surface area (Å²) in [7, 11) is -2.29. The quantitative estimate of drug-likeness (QED) is 0.370. The maximum atomic E-state index is 11.3. The van der Waals surface area contributed by atoms with Gasteiger partial charge >= 0.3 is 14.5 Å². The standard InChI is InChI=1S/C14H28O4Si/c1-7-9-14(15)16-10-11-19(8-2,17-12(3)4)18-13(5)6/h7,9,12-13H,8,10-11H2,1-6H3. The molecule has 0 saturated carbocycles. The van der Waals surface area contributed by atoms with Crippen molar-refractivity contribution in [3.63, 3.8) is 0 Å². The molecule has 0 bridgehead atoms. The second-order valence-corrected chi connectivity index (χ2v) is 8.51. The highest BCUT2D eigenvalue weighted by molar-refractivity contribution is 6.67. The average Bonchev–Trinajstić information content (AvgIpc) is 2.27. The number of carbonyl (C=O) groups is 1. The van der Waals surface area contributed by atoms with Gasteiger partial charge in [-0.2, -0.15) is 0 Å². The summed E-state index contributed by atoms with van der Waals surface area (Å²) in [5.41, 5.74) is 0. The predicted octanol–water partition coefficient (Wildman–Crippen LogP) is 3.42. The summed E-state index contributed by atoms with van der Waals surface area (Å²) in [6.45, 7) is 12.2. The molecule has 0 saturated heterocycles.